The molecule has 2 N–H and O–H groups in total. The Hall–Kier alpha value is -3.75. The van der Waals surface area contributed by atoms with Crippen LogP contribution >= 0.6 is 0 Å². The van der Waals surface area contributed by atoms with Gasteiger partial charge < -0.3 is 20.1 Å². The predicted molar refractivity (Wildman–Crippen MR) is 111 cm³/mol. The first kappa shape index (κ1) is 23.5. The molecule has 0 fully saturated rings. The van der Waals surface area contributed by atoms with Gasteiger partial charge >= 0.3 is 6.18 Å². The highest BCUT2D eigenvalue weighted by molar-refractivity contribution is 6.07. The molecule has 0 bridgehead atoms. The summed E-state index contributed by atoms with van der Waals surface area (Å²) in [6, 6.07) is 10.8. The molecular weight excluding hydrogens is 413 g/mol. The summed E-state index contributed by atoms with van der Waals surface area (Å²) in [4.78, 5) is 24.3. The third-order valence-corrected chi connectivity index (χ3v) is 3.85. The summed E-state index contributed by atoms with van der Waals surface area (Å²) in [5.41, 5.74) is 0.649. The zero-order valence-corrected chi connectivity index (χ0v) is 16.7. The monoisotopic (exact) mass is 434 g/mol. The number of benzene rings is 2. The van der Waals surface area contributed by atoms with Crippen LogP contribution in [0.3, 0.4) is 0 Å². The second-order valence-corrected chi connectivity index (χ2v) is 6.18. The first-order chi connectivity index (χ1) is 14.7. The Bertz CT molecular complexity index is 971. The number of ether oxygens (including phenoxy) is 2. The second kappa shape index (κ2) is 10.9. The molecule has 0 saturated carbocycles. The lowest BCUT2D eigenvalue weighted by Gasteiger charge is -2.12. The van der Waals surface area contributed by atoms with Crippen LogP contribution in [0.1, 0.15) is 15.9 Å². The van der Waals surface area contributed by atoms with E-state index in [-0.39, 0.29) is 11.3 Å². The van der Waals surface area contributed by atoms with Gasteiger partial charge in [-0.3, -0.25) is 9.59 Å². The predicted octanol–water partition coefficient (Wildman–Crippen LogP) is 4.20. The molecular formula is C22H21F3N2O4. The molecule has 2 aromatic rings. The van der Waals surface area contributed by atoms with E-state index in [9.17, 15) is 22.8 Å². The normalized spacial score (nSPS) is 11.1. The van der Waals surface area contributed by atoms with E-state index in [1.54, 1.807) is 35.7 Å². The number of halogens is 3. The average molecular weight is 434 g/mol. The maximum atomic E-state index is 12.3. The van der Waals surface area contributed by atoms with Crippen molar-refractivity contribution in [3.05, 3.63) is 72.3 Å². The van der Waals surface area contributed by atoms with E-state index >= 15 is 0 Å². The van der Waals surface area contributed by atoms with Gasteiger partial charge in [0.1, 0.15) is 13.2 Å². The molecule has 2 amide bonds. The Morgan fingerprint density at radius 3 is 2.55 bits per heavy atom. The van der Waals surface area contributed by atoms with Crippen molar-refractivity contribution in [3.8, 4) is 11.5 Å². The number of rotatable bonds is 9. The lowest BCUT2D eigenvalue weighted by atomic mass is 10.1. The topological polar surface area (TPSA) is 76.7 Å². The van der Waals surface area contributed by atoms with Crippen molar-refractivity contribution in [1.82, 2.24) is 5.32 Å². The fraction of sp³-hybridized carbons (Fsp3) is 0.182. The lowest BCUT2D eigenvalue weighted by Crippen LogP contribution is -2.34. The quantitative estimate of drug-likeness (QED) is 0.458. The molecule has 9 heteroatoms. The third-order valence-electron chi connectivity index (χ3n) is 3.85. The molecule has 0 aliphatic carbocycles. The van der Waals surface area contributed by atoms with Crippen LogP contribution in [0.5, 0.6) is 11.5 Å². The maximum absolute atomic E-state index is 12.3. The highest BCUT2D eigenvalue weighted by Crippen LogP contribution is 2.28. The molecule has 0 radical (unpaired) electrons. The minimum atomic E-state index is -4.54. The number of methoxy groups -OCH3 is 1. The van der Waals surface area contributed by atoms with E-state index in [1.807, 2.05) is 0 Å². The minimum absolute atomic E-state index is 0.0844. The van der Waals surface area contributed by atoms with E-state index in [2.05, 4.69) is 11.9 Å². The van der Waals surface area contributed by atoms with Crippen LogP contribution in [-0.4, -0.2) is 38.3 Å². The van der Waals surface area contributed by atoms with Gasteiger partial charge in [0.05, 0.1) is 18.4 Å². The fourth-order valence-corrected chi connectivity index (χ4v) is 2.47. The Labute approximate surface area is 177 Å². The van der Waals surface area contributed by atoms with Gasteiger partial charge in [0, 0.05) is 6.08 Å². The minimum Gasteiger partial charge on any atom is -0.493 e. The highest BCUT2D eigenvalue weighted by Gasteiger charge is 2.28. The molecule has 0 atom stereocenters. The lowest BCUT2D eigenvalue weighted by molar-refractivity contribution is -0.123. The van der Waals surface area contributed by atoms with Crippen LogP contribution in [0.4, 0.5) is 18.9 Å². The summed E-state index contributed by atoms with van der Waals surface area (Å²) < 4.78 is 47.7. The smallest absolute Gasteiger partial charge is 0.405 e. The molecule has 0 unspecified atom stereocenters. The molecule has 2 aromatic carbocycles. The van der Waals surface area contributed by atoms with Crippen molar-refractivity contribution >= 4 is 23.6 Å². The van der Waals surface area contributed by atoms with Gasteiger partial charge in [0.25, 0.3) is 5.91 Å². The van der Waals surface area contributed by atoms with Crippen LogP contribution in [0, 0.1) is 0 Å². The fourth-order valence-electron chi connectivity index (χ4n) is 2.47. The van der Waals surface area contributed by atoms with Gasteiger partial charge in [-0.1, -0.05) is 30.9 Å². The molecule has 0 spiro atoms. The van der Waals surface area contributed by atoms with Crippen LogP contribution in [-0.2, 0) is 4.79 Å². The zero-order chi connectivity index (χ0) is 22.9. The number of para-hydroxylation sites is 1. The molecule has 0 aromatic heterocycles. The number of carbonyl (C=O) groups excluding carboxylic acids is 2. The van der Waals surface area contributed by atoms with Gasteiger partial charge in [-0.05, 0) is 35.9 Å². The van der Waals surface area contributed by atoms with Gasteiger partial charge in [-0.2, -0.15) is 13.2 Å². The first-order valence-electron chi connectivity index (χ1n) is 9.08. The number of anilines is 1. The Morgan fingerprint density at radius 1 is 1.13 bits per heavy atom. The van der Waals surface area contributed by atoms with Crippen molar-refractivity contribution in [2.45, 2.75) is 6.18 Å². The van der Waals surface area contributed by atoms with Crippen LogP contribution in [0.15, 0.2) is 61.2 Å². The Kier molecular flexibility index (Phi) is 8.25. The second-order valence-electron chi connectivity index (χ2n) is 6.18. The van der Waals surface area contributed by atoms with Crippen molar-refractivity contribution in [3.63, 3.8) is 0 Å². The molecule has 0 aliphatic heterocycles. The highest BCUT2D eigenvalue weighted by atomic mass is 19.4. The molecule has 0 saturated heterocycles. The molecule has 6 nitrogen and oxygen atoms in total. The van der Waals surface area contributed by atoms with Crippen molar-refractivity contribution < 1.29 is 32.2 Å². The largest absolute Gasteiger partial charge is 0.493 e. The van der Waals surface area contributed by atoms with E-state index in [0.29, 0.717) is 23.7 Å². The van der Waals surface area contributed by atoms with Crippen molar-refractivity contribution in [1.29, 1.82) is 0 Å². The Balaban J connectivity index is 2.08. The van der Waals surface area contributed by atoms with E-state index in [4.69, 9.17) is 9.47 Å². The summed E-state index contributed by atoms with van der Waals surface area (Å²) in [6.45, 7) is 2.41. The summed E-state index contributed by atoms with van der Waals surface area (Å²) >= 11 is 0. The summed E-state index contributed by atoms with van der Waals surface area (Å²) in [5.74, 6) is -0.530. The number of hydrogen-bond donors (Lipinski definition) is 2. The average Bonchev–Trinajstić information content (AvgIpc) is 2.74. The number of alkyl halides is 3. The zero-order valence-electron chi connectivity index (χ0n) is 16.7. The van der Waals surface area contributed by atoms with E-state index in [1.165, 1.54) is 37.5 Å². The summed E-state index contributed by atoms with van der Waals surface area (Å²) in [7, 11) is 1.48. The molecule has 31 heavy (non-hydrogen) atoms. The van der Waals surface area contributed by atoms with Gasteiger partial charge in [-0.15, -0.1) is 0 Å². The first-order valence-corrected chi connectivity index (χ1v) is 9.08. The van der Waals surface area contributed by atoms with E-state index in [0.717, 1.165) is 0 Å². The number of hydrogen-bond acceptors (Lipinski definition) is 4. The van der Waals surface area contributed by atoms with Crippen LogP contribution in [0.25, 0.3) is 6.08 Å². The number of carbonyl (C=O) groups is 2. The SMILES string of the molecule is C=CCOc1ccc(/C=C/C(=O)Nc2ccccc2C(=O)NCC(F)(F)F)cc1OC. The molecule has 164 valence electrons. The van der Waals surface area contributed by atoms with Crippen LogP contribution < -0.4 is 20.1 Å². The van der Waals surface area contributed by atoms with E-state index < -0.39 is 24.5 Å². The molecule has 2 rings (SSSR count). The van der Waals surface area contributed by atoms with Crippen molar-refractivity contribution in [2.75, 3.05) is 25.6 Å². The maximum Gasteiger partial charge on any atom is 0.405 e. The van der Waals surface area contributed by atoms with Crippen LogP contribution in [0.2, 0.25) is 0 Å². The Morgan fingerprint density at radius 2 is 1.87 bits per heavy atom. The summed E-state index contributed by atoms with van der Waals surface area (Å²) in [5, 5.41) is 4.27. The molecule has 0 aliphatic rings. The molecule has 0 heterocycles. The van der Waals surface area contributed by atoms with Crippen molar-refractivity contribution in [2.24, 2.45) is 0 Å². The standard InChI is InChI=1S/C22H21F3N2O4/c1-3-12-31-18-10-8-15(13-19(18)30-2)9-11-20(28)27-17-7-5-4-6-16(17)21(29)26-14-22(23,24)25/h3-11,13H,1,12,14H2,2H3,(H,26,29)(H,27,28)/b11-9+. The van der Waals surface area contributed by atoms with Gasteiger partial charge in [0.2, 0.25) is 5.91 Å². The number of amides is 2. The number of nitrogens with one attached hydrogen (secondary N) is 2. The third kappa shape index (κ3) is 7.54. The van der Waals surface area contributed by atoms with Gasteiger partial charge in [0.15, 0.2) is 11.5 Å². The summed E-state index contributed by atoms with van der Waals surface area (Å²) in [6.07, 6.45) is -0.201. The van der Waals surface area contributed by atoms with Gasteiger partial charge in [-0.25, -0.2) is 0 Å².